The first-order valence-corrected chi connectivity index (χ1v) is 18.5. The highest BCUT2D eigenvalue weighted by Gasteiger charge is 2.40. The molecule has 1 heterocycles. The summed E-state index contributed by atoms with van der Waals surface area (Å²) < 4.78 is 12.5. The Morgan fingerprint density at radius 3 is 2.27 bits per heavy atom. The molecule has 1 aliphatic heterocycles. The number of aryl methyl sites for hydroxylation is 1. The van der Waals surface area contributed by atoms with E-state index in [0.29, 0.717) is 46.6 Å². The van der Waals surface area contributed by atoms with E-state index in [-0.39, 0.29) is 22.8 Å². The van der Waals surface area contributed by atoms with Crippen LogP contribution >= 0.6 is 11.6 Å². The molecule has 0 aliphatic carbocycles. The quantitative estimate of drug-likeness (QED) is 0.120. The molecule has 0 radical (unpaired) electrons. The smallest absolute Gasteiger partial charge is 0.319 e. The molecule has 0 saturated carbocycles. The molecular weight excluding hydrogens is 672 g/mol. The third kappa shape index (κ3) is 9.15. The number of urea groups is 1. The van der Waals surface area contributed by atoms with Crippen LogP contribution in [0.1, 0.15) is 89.5 Å². The Kier molecular flexibility index (Phi) is 12.3. The van der Waals surface area contributed by atoms with Gasteiger partial charge in [0.1, 0.15) is 17.2 Å². The lowest BCUT2D eigenvalue weighted by atomic mass is 9.76. The van der Waals surface area contributed by atoms with Gasteiger partial charge in [0.25, 0.3) is 5.91 Å². The summed E-state index contributed by atoms with van der Waals surface area (Å²) in [4.78, 5) is 27.0. The van der Waals surface area contributed by atoms with E-state index in [2.05, 4.69) is 70.4 Å². The molecule has 8 nitrogen and oxygen atoms in total. The minimum atomic E-state index is -1.00. The lowest BCUT2D eigenvalue weighted by Crippen LogP contribution is -2.37. The molecule has 274 valence electrons. The van der Waals surface area contributed by atoms with E-state index in [4.69, 9.17) is 26.2 Å². The monoisotopic (exact) mass is 722 g/mol. The Bertz CT molecular complexity index is 1890. The van der Waals surface area contributed by atoms with Crippen molar-refractivity contribution < 1.29 is 19.1 Å². The van der Waals surface area contributed by atoms with Crippen LogP contribution in [0.25, 0.3) is 0 Å². The highest BCUT2D eigenvalue weighted by molar-refractivity contribution is 6.31. The number of benzene rings is 4. The van der Waals surface area contributed by atoms with Crippen LogP contribution in [0.3, 0.4) is 0 Å². The highest BCUT2D eigenvalue weighted by atomic mass is 35.5. The Labute approximate surface area is 313 Å². The number of para-hydroxylation sites is 2. The number of nitrogens with one attached hydrogen (secondary N) is 2. The molecule has 9 heteroatoms. The maximum atomic E-state index is 13.9. The molecule has 4 aromatic carbocycles. The molecule has 0 saturated heterocycles. The Morgan fingerprint density at radius 1 is 0.885 bits per heavy atom. The SMILES string of the molecule is CCC(C)(C)c1ccc(OCCCCNC(=O)Nc2ccccc2N2N=C(c3ccc(Cl)cc3)C(Oc3ccc(C)cc3)C2=O)c(C(C)(C)CC)c1. The molecule has 2 N–H and O–H groups in total. The number of carbonyl (C=O) groups excluding carboxylic acids is 2. The summed E-state index contributed by atoms with van der Waals surface area (Å²) in [5.74, 6) is 1.09. The average Bonchev–Trinajstić information content (AvgIpc) is 3.45. The number of hydrogen-bond acceptors (Lipinski definition) is 5. The van der Waals surface area contributed by atoms with Crippen molar-refractivity contribution in [2.45, 2.75) is 91.1 Å². The van der Waals surface area contributed by atoms with Crippen LogP contribution in [-0.4, -0.2) is 36.9 Å². The molecule has 4 aromatic rings. The number of unbranched alkanes of at least 4 members (excludes halogenated alkanes) is 1. The van der Waals surface area contributed by atoms with E-state index in [1.807, 2.05) is 31.2 Å². The van der Waals surface area contributed by atoms with Gasteiger partial charge in [0.15, 0.2) is 0 Å². The maximum Gasteiger partial charge on any atom is 0.319 e. The lowest BCUT2D eigenvalue weighted by molar-refractivity contribution is -0.121. The fourth-order valence-corrected chi connectivity index (χ4v) is 5.97. The first-order valence-electron chi connectivity index (χ1n) is 18.2. The van der Waals surface area contributed by atoms with E-state index in [0.717, 1.165) is 37.0 Å². The predicted molar refractivity (Wildman–Crippen MR) is 212 cm³/mol. The zero-order chi connectivity index (χ0) is 37.5. The number of nitrogens with zero attached hydrogens (tertiary/aromatic N) is 2. The zero-order valence-corrected chi connectivity index (χ0v) is 32.1. The Hall–Kier alpha value is -4.82. The van der Waals surface area contributed by atoms with Gasteiger partial charge in [0.05, 0.1) is 18.0 Å². The summed E-state index contributed by atoms with van der Waals surface area (Å²) in [5.41, 5.74) is 5.73. The predicted octanol–water partition coefficient (Wildman–Crippen LogP) is 10.2. The zero-order valence-electron chi connectivity index (χ0n) is 31.4. The van der Waals surface area contributed by atoms with Gasteiger partial charge in [-0.15, -0.1) is 0 Å². The summed E-state index contributed by atoms with van der Waals surface area (Å²) >= 11 is 6.15. The summed E-state index contributed by atoms with van der Waals surface area (Å²) in [6.45, 7) is 16.5. The van der Waals surface area contributed by atoms with Gasteiger partial charge in [0.2, 0.25) is 6.10 Å². The normalized spacial score (nSPS) is 14.6. The molecule has 1 unspecified atom stereocenters. The van der Waals surface area contributed by atoms with Crippen LogP contribution < -0.4 is 25.1 Å². The number of hydrogen-bond donors (Lipinski definition) is 2. The number of carbonyl (C=O) groups is 2. The largest absolute Gasteiger partial charge is 0.493 e. The molecule has 3 amide bonds. The number of ether oxygens (including phenoxy) is 2. The second-order valence-electron chi connectivity index (χ2n) is 14.6. The standard InChI is InChI=1S/C43H51ClN4O4/c1-8-42(4,5)31-20-25-37(34(28-31)43(6,7)9-2)51-27-13-12-26-45-41(50)46-35-14-10-11-15-36(35)48-40(49)39(52-33-23-16-29(3)17-24-33)38(47-48)30-18-21-32(44)22-19-30/h10-11,14-25,28,39H,8-9,12-13,26-27H2,1-7H3,(H2,45,46,50). The van der Waals surface area contributed by atoms with Gasteiger partial charge < -0.3 is 20.1 Å². The fraction of sp³-hybridized carbons (Fsp3) is 0.372. The fourth-order valence-electron chi connectivity index (χ4n) is 5.84. The van der Waals surface area contributed by atoms with Gasteiger partial charge >= 0.3 is 6.03 Å². The Morgan fingerprint density at radius 2 is 1.58 bits per heavy atom. The molecule has 1 aliphatic rings. The van der Waals surface area contributed by atoms with Crippen molar-refractivity contribution in [2.75, 3.05) is 23.5 Å². The molecule has 1 atom stereocenters. The van der Waals surface area contributed by atoms with Gasteiger partial charge in [-0.1, -0.05) is 107 Å². The molecule has 0 fully saturated rings. The Balaban J connectivity index is 1.21. The van der Waals surface area contributed by atoms with E-state index in [1.54, 1.807) is 48.5 Å². The van der Waals surface area contributed by atoms with Crippen LogP contribution in [0, 0.1) is 6.92 Å². The lowest BCUT2D eigenvalue weighted by Gasteiger charge is -2.30. The summed E-state index contributed by atoms with van der Waals surface area (Å²) in [5, 5.41) is 12.4. The highest BCUT2D eigenvalue weighted by Crippen LogP contribution is 2.39. The van der Waals surface area contributed by atoms with Crippen molar-refractivity contribution in [1.82, 2.24) is 5.32 Å². The van der Waals surface area contributed by atoms with Crippen LogP contribution in [0.5, 0.6) is 11.5 Å². The molecule has 5 rings (SSSR count). The molecule has 52 heavy (non-hydrogen) atoms. The summed E-state index contributed by atoms with van der Waals surface area (Å²) in [6, 6.07) is 27.9. The van der Waals surface area contributed by atoms with Gasteiger partial charge in [0, 0.05) is 22.7 Å². The van der Waals surface area contributed by atoms with Crippen LogP contribution in [0.15, 0.2) is 96.1 Å². The summed E-state index contributed by atoms with van der Waals surface area (Å²) in [7, 11) is 0. The van der Waals surface area contributed by atoms with Gasteiger partial charge in [-0.3, -0.25) is 4.79 Å². The number of amides is 3. The number of hydrazone groups is 1. The van der Waals surface area contributed by atoms with Gasteiger partial charge in [-0.2, -0.15) is 10.1 Å². The third-order valence-electron chi connectivity index (χ3n) is 10.1. The van der Waals surface area contributed by atoms with Crippen molar-refractivity contribution in [2.24, 2.45) is 5.10 Å². The molecular formula is C43H51ClN4O4. The molecule has 0 spiro atoms. The second-order valence-corrected chi connectivity index (χ2v) is 15.0. The van der Waals surface area contributed by atoms with Crippen molar-refractivity contribution in [1.29, 1.82) is 0 Å². The van der Waals surface area contributed by atoms with Crippen LogP contribution in [0.4, 0.5) is 16.2 Å². The first-order chi connectivity index (χ1) is 24.8. The van der Waals surface area contributed by atoms with E-state index >= 15 is 0 Å². The van der Waals surface area contributed by atoms with Crippen molar-refractivity contribution in [3.05, 3.63) is 118 Å². The number of halogens is 1. The minimum absolute atomic E-state index is 0.0114. The number of anilines is 2. The topological polar surface area (TPSA) is 92.3 Å². The second kappa shape index (κ2) is 16.7. The van der Waals surface area contributed by atoms with Crippen molar-refractivity contribution in [3.63, 3.8) is 0 Å². The van der Waals surface area contributed by atoms with E-state index in [9.17, 15) is 9.59 Å². The molecule has 0 bridgehead atoms. The van der Waals surface area contributed by atoms with E-state index < -0.39 is 6.10 Å². The number of rotatable bonds is 15. The van der Waals surface area contributed by atoms with Gasteiger partial charge in [-0.25, -0.2) is 4.79 Å². The minimum Gasteiger partial charge on any atom is -0.493 e. The van der Waals surface area contributed by atoms with Crippen LogP contribution in [0.2, 0.25) is 5.02 Å². The van der Waals surface area contributed by atoms with Crippen molar-refractivity contribution in [3.8, 4) is 11.5 Å². The third-order valence-corrected chi connectivity index (χ3v) is 10.3. The van der Waals surface area contributed by atoms with Crippen molar-refractivity contribution >= 4 is 40.6 Å². The maximum absolute atomic E-state index is 13.9. The summed E-state index contributed by atoms with van der Waals surface area (Å²) in [6.07, 6.45) is 2.58. The average molecular weight is 723 g/mol. The van der Waals surface area contributed by atoms with E-state index in [1.165, 1.54) is 16.1 Å². The molecule has 0 aromatic heterocycles. The first kappa shape index (κ1) is 38.4. The van der Waals surface area contributed by atoms with Crippen LogP contribution in [-0.2, 0) is 15.6 Å². The van der Waals surface area contributed by atoms with Gasteiger partial charge in [-0.05, 0) is 91.5 Å².